The van der Waals surface area contributed by atoms with Gasteiger partial charge in [-0.25, -0.2) is 4.21 Å². The fraction of sp³-hybridized carbons (Fsp3) is 0.111. The van der Waals surface area contributed by atoms with Crippen LogP contribution in [-0.2, 0) is 10.8 Å². The topological polar surface area (TPSA) is 17.1 Å². The van der Waals surface area contributed by atoms with Crippen LogP contribution in [0.2, 0.25) is 0 Å². The normalized spacial score (nSPS) is 20.3. The maximum absolute atomic E-state index is 11.2. The van der Waals surface area contributed by atoms with E-state index in [9.17, 15) is 4.21 Å². The first-order valence-corrected chi connectivity index (χ1v) is 4.69. The molecule has 1 unspecified atom stereocenters. The number of fused-ring (bicyclic) bond motifs is 1. The van der Waals surface area contributed by atoms with E-state index in [0.717, 1.165) is 10.5 Å². The first kappa shape index (κ1) is 6.80. The van der Waals surface area contributed by atoms with Crippen LogP contribution in [-0.4, -0.2) is 4.21 Å². The Balaban J connectivity index is 2.74. The third-order valence-corrected chi connectivity index (χ3v) is 3.03. The van der Waals surface area contributed by atoms with Gasteiger partial charge in [-0.05, 0) is 30.2 Å². The minimum absolute atomic E-state index is 0.889. The van der Waals surface area contributed by atoms with Crippen LogP contribution in [0.4, 0.5) is 0 Å². The van der Waals surface area contributed by atoms with Gasteiger partial charge in [-0.1, -0.05) is 12.1 Å². The van der Waals surface area contributed by atoms with Gasteiger partial charge in [0.05, 0.1) is 15.7 Å². The van der Waals surface area contributed by atoms with Crippen LogP contribution in [0.3, 0.4) is 0 Å². The molecule has 2 rings (SSSR count). The molecule has 1 aromatic carbocycles. The predicted molar refractivity (Wildman–Crippen MR) is 46.6 cm³/mol. The van der Waals surface area contributed by atoms with Gasteiger partial charge in [0.2, 0.25) is 0 Å². The van der Waals surface area contributed by atoms with Crippen LogP contribution in [0.1, 0.15) is 11.1 Å². The molecule has 0 saturated heterocycles. The van der Waals surface area contributed by atoms with Crippen molar-refractivity contribution in [3.8, 4) is 0 Å². The van der Waals surface area contributed by atoms with Crippen molar-refractivity contribution in [2.45, 2.75) is 11.8 Å². The Kier molecular flexibility index (Phi) is 1.43. The predicted octanol–water partition coefficient (Wildman–Crippen LogP) is 2.09. The van der Waals surface area contributed by atoms with Gasteiger partial charge in [0, 0.05) is 5.41 Å². The monoisotopic (exact) mass is 164 g/mol. The minimum Gasteiger partial charge on any atom is -0.250 e. The van der Waals surface area contributed by atoms with Crippen molar-refractivity contribution in [3.05, 3.63) is 34.7 Å². The maximum atomic E-state index is 11.2. The second kappa shape index (κ2) is 2.31. The van der Waals surface area contributed by atoms with Crippen molar-refractivity contribution in [2.24, 2.45) is 0 Å². The second-order valence-electron chi connectivity index (χ2n) is 2.59. The maximum Gasteiger partial charge on any atom is 0.0782 e. The summed E-state index contributed by atoms with van der Waals surface area (Å²) >= 11 is 0. The van der Waals surface area contributed by atoms with E-state index in [2.05, 4.69) is 0 Å². The highest BCUT2D eigenvalue weighted by Crippen LogP contribution is 2.25. The van der Waals surface area contributed by atoms with Crippen LogP contribution < -0.4 is 0 Å². The Morgan fingerprint density at radius 1 is 1.36 bits per heavy atom. The SMILES string of the molecule is Cc1cccc2c1C=CS2=O. The summed E-state index contributed by atoms with van der Waals surface area (Å²) in [5.74, 6) is 0. The highest BCUT2D eigenvalue weighted by Gasteiger charge is 2.12. The average Bonchev–Trinajstić information content (AvgIpc) is 2.35. The molecule has 0 amide bonds. The van der Waals surface area contributed by atoms with Gasteiger partial charge in [-0.2, -0.15) is 0 Å². The van der Waals surface area contributed by atoms with Crippen molar-refractivity contribution in [1.29, 1.82) is 0 Å². The Hall–Kier alpha value is -0.890. The zero-order valence-corrected chi connectivity index (χ0v) is 7.02. The first-order valence-electron chi connectivity index (χ1n) is 3.47. The Morgan fingerprint density at radius 2 is 2.18 bits per heavy atom. The lowest BCUT2D eigenvalue weighted by molar-refractivity contribution is 0.689. The van der Waals surface area contributed by atoms with Crippen molar-refractivity contribution in [2.75, 3.05) is 0 Å². The van der Waals surface area contributed by atoms with Gasteiger partial charge in [-0.3, -0.25) is 0 Å². The van der Waals surface area contributed by atoms with Gasteiger partial charge < -0.3 is 0 Å². The van der Waals surface area contributed by atoms with Crippen LogP contribution in [0.25, 0.3) is 6.08 Å². The number of rotatable bonds is 0. The molecular weight excluding hydrogens is 156 g/mol. The number of benzene rings is 1. The third-order valence-electron chi connectivity index (χ3n) is 1.86. The van der Waals surface area contributed by atoms with Gasteiger partial charge in [0.15, 0.2) is 0 Å². The molecule has 0 aromatic heterocycles. The highest BCUT2D eigenvalue weighted by molar-refractivity contribution is 7.88. The molecule has 0 fully saturated rings. The van der Waals surface area contributed by atoms with Crippen LogP contribution in [0.5, 0.6) is 0 Å². The minimum atomic E-state index is -0.889. The molecule has 0 N–H and O–H groups in total. The van der Waals surface area contributed by atoms with Crippen molar-refractivity contribution >= 4 is 16.9 Å². The van der Waals surface area contributed by atoms with Crippen molar-refractivity contribution < 1.29 is 4.21 Å². The van der Waals surface area contributed by atoms with Gasteiger partial charge in [0.1, 0.15) is 0 Å². The molecular formula is C9H8OS. The molecule has 1 atom stereocenters. The Labute approximate surface area is 68.2 Å². The highest BCUT2D eigenvalue weighted by atomic mass is 32.2. The molecule has 1 aromatic rings. The van der Waals surface area contributed by atoms with Crippen LogP contribution >= 0.6 is 0 Å². The van der Waals surface area contributed by atoms with Gasteiger partial charge in [0.25, 0.3) is 0 Å². The molecule has 56 valence electrons. The zero-order chi connectivity index (χ0) is 7.84. The molecule has 0 bridgehead atoms. The van der Waals surface area contributed by atoms with Crippen LogP contribution in [0, 0.1) is 6.92 Å². The summed E-state index contributed by atoms with van der Waals surface area (Å²) in [6.07, 6.45) is 1.93. The fourth-order valence-corrected chi connectivity index (χ4v) is 2.31. The van der Waals surface area contributed by atoms with E-state index >= 15 is 0 Å². The number of hydrogen-bond donors (Lipinski definition) is 0. The largest absolute Gasteiger partial charge is 0.250 e. The zero-order valence-electron chi connectivity index (χ0n) is 6.20. The number of hydrogen-bond acceptors (Lipinski definition) is 1. The molecule has 1 aliphatic heterocycles. The van der Waals surface area contributed by atoms with E-state index in [1.165, 1.54) is 5.56 Å². The molecule has 0 radical (unpaired) electrons. The molecule has 1 heterocycles. The van der Waals surface area contributed by atoms with Gasteiger partial charge >= 0.3 is 0 Å². The van der Waals surface area contributed by atoms with E-state index in [1.807, 2.05) is 31.2 Å². The Morgan fingerprint density at radius 3 is 2.91 bits per heavy atom. The first-order chi connectivity index (χ1) is 5.29. The lowest BCUT2D eigenvalue weighted by Crippen LogP contribution is -1.85. The fourth-order valence-electron chi connectivity index (χ4n) is 1.25. The van der Waals surface area contributed by atoms with Gasteiger partial charge in [-0.15, -0.1) is 0 Å². The molecule has 1 nitrogen and oxygen atoms in total. The molecule has 2 heteroatoms. The van der Waals surface area contributed by atoms with E-state index in [4.69, 9.17) is 0 Å². The quantitative estimate of drug-likeness (QED) is 0.573. The van der Waals surface area contributed by atoms with E-state index in [-0.39, 0.29) is 0 Å². The summed E-state index contributed by atoms with van der Waals surface area (Å²) in [6.45, 7) is 2.03. The summed E-state index contributed by atoms with van der Waals surface area (Å²) in [6, 6.07) is 5.89. The Bertz CT molecular complexity index is 353. The summed E-state index contributed by atoms with van der Waals surface area (Å²) in [5.41, 5.74) is 2.33. The second-order valence-corrected chi connectivity index (χ2v) is 3.89. The molecule has 0 aliphatic carbocycles. The lowest BCUT2D eigenvalue weighted by Gasteiger charge is -1.99. The summed E-state index contributed by atoms with van der Waals surface area (Å²) in [4.78, 5) is 0.949. The third kappa shape index (κ3) is 0.942. The summed E-state index contributed by atoms with van der Waals surface area (Å²) in [5, 5.41) is 1.73. The van der Waals surface area contributed by atoms with Crippen LogP contribution in [0.15, 0.2) is 28.5 Å². The molecule has 1 aliphatic rings. The molecule has 11 heavy (non-hydrogen) atoms. The van der Waals surface area contributed by atoms with E-state index < -0.39 is 10.8 Å². The van der Waals surface area contributed by atoms with E-state index in [1.54, 1.807) is 5.41 Å². The van der Waals surface area contributed by atoms with E-state index in [0.29, 0.717) is 0 Å². The van der Waals surface area contributed by atoms with Crippen molar-refractivity contribution in [1.82, 2.24) is 0 Å². The summed E-state index contributed by atoms with van der Waals surface area (Å²) < 4.78 is 11.2. The molecule has 0 spiro atoms. The van der Waals surface area contributed by atoms with Crippen molar-refractivity contribution in [3.63, 3.8) is 0 Å². The number of aryl methyl sites for hydroxylation is 1. The molecule has 0 saturated carbocycles. The summed E-state index contributed by atoms with van der Waals surface area (Å²) in [7, 11) is -0.889. The standard InChI is InChI=1S/C9H8OS/c1-7-3-2-4-9-8(7)5-6-11(9)10/h2-6H,1H3. The lowest BCUT2D eigenvalue weighted by atomic mass is 10.1. The average molecular weight is 164 g/mol. The smallest absolute Gasteiger partial charge is 0.0782 e.